The van der Waals surface area contributed by atoms with Crippen molar-refractivity contribution in [3.63, 3.8) is 0 Å². The monoisotopic (exact) mass is 234 g/mol. The van der Waals surface area contributed by atoms with Crippen molar-refractivity contribution < 1.29 is 9.13 Å². The minimum atomic E-state index is -0.218. The molecule has 0 heterocycles. The SMILES string of the molecule is CCCC#CCCc1cc(F)ccc1OCC. The van der Waals surface area contributed by atoms with Gasteiger partial charge in [0, 0.05) is 12.8 Å². The van der Waals surface area contributed by atoms with E-state index in [1.165, 1.54) is 12.1 Å². The van der Waals surface area contributed by atoms with Gasteiger partial charge in [-0.15, -0.1) is 11.8 Å². The predicted molar refractivity (Wildman–Crippen MR) is 68.6 cm³/mol. The molecule has 0 aliphatic rings. The second-order valence-electron chi connectivity index (χ2n) is 3.79. The van der Waals surface area contributed by atoms with Crippen LogP contribution in [-0.4, -0.2) is 6.61 Å². The van der Waals surface area contributed by atoms with E-state index in [4.69, 9.17) is 4.74 Å². The Bertz CT molecular complexity index is 401. The third-order valence-corrected chi connectivity index (χ3v) is 2.34. The van der Waals surface area contributed by atoms with Crippen molar-refractivity contribution in [2.45, 2.75) is 39.5 Å². The third-order valence-electron chi connectivity index (χ3n) is 2.34. The number of hydrogen-bond donors (Lipinski definition) is 0. The lowest BCUT2D eigenvalue weighted by Crippen LogP contribution is -1.97. The molecule has 1 nitrogen and oxygen atoms in total. The van der Waals surface area contributed by atoms with E-state index in [1.54, 1.807) is 6.07 Å². The van der Waals surface area contributed by atoms with Gasteiger partial charge in [-0.3, -0.25) is 0 Å². The van der Waals surface area contributed by atoms with E-state index in [2.05, 4.69) is 18.8 Å². The Morgan fingerprint density at radius 1 is 1.18 bits per heavy atom. The fourth-order valence-electron chi connectivity index (χ4n) is 1.54. The van der Waals surface area contributed by atoms with Crippen molar-refractivity contribution in [2.75, 3.05) is 6.61 Å². The second kappa shape index (κ2) is 7.73. The van der Waals surface area contributed by atoms with E-state index in [-0.39, 0.29) is 5.82 Å². The van der Waals surface area contributed by atoms with Crippen molar-refractivity contribution in [1.82, 2.24) is 0 Å². The molecule has 0 saturated carbocycles. The van der Waals surface area contributed by atoms with Gasteiger partial charge in [-0.05, 0) is 43.5 Å². The molecule has 0 bridgehead atoms. The van der Waals surface area contributed by atoms with Crippen molar-refractivity contribution in [1.29, 1.82) is 0 Å². The molecule has 0 radical (unpaired) electrons. The van der Waals surface area contributed by atoms with Crippen molar-refractivity contribution >= 4 is 0 Å². The van der Waals surface area contributed by atoms with E-state index < -0.39 is 0 Å². The van der Waals surface area contributed by atoms with Crippen LogP contribution in [0.25, 0.3) is 0 Å². The van der Waals surface area contributed by atoms with Crippen LogP contribution < -0.4 is 4.74 Å². The lowest BCUT2D eigenvalue weighted by atomic mass is 10.1. The van der Waals surface area contributed by atoms with Gasteiger partial charge in [0.15, 0.2) is 0 Å². The molecule has 17 heavy (non-hydrogen) atoms. The first kappa shape index (κ1) is 13.6. The van der Waals surface area contributed by atoms with Crippen LogP contribution in [0.3, 0.4) is 0 Å². The molecule has 2 heteroatoms. The topological polar surface area (TPSA) is 9.23 Å². The first-order valence-corrected chi connectivity index (χ1v) is 6.14. The largest absolute Gasteiger partial charge is 0.494 e. The molecule has 0 unspecified atom stereocenters. The van der Waals surface area contributed by atoms with E-state index >= 15 is 0 Å². The highest BCUT2D eigenvalue weighted by Crippen LogP contribution is 2.21. The molecule has 0 aliphatic heterocycles. The molecule has 1 rings (SSSR count). The lowest BCUT2D eigenvalue weighted by Gasteiger charge is -2.08. The summed E-state index contributed by atoms with van der Waals surface area (Å²) in [5, 5.41) is 0. The number of aryl methyl sites for hydroxylation is 1. The normalized spacial score (nSPS) is 9.59. The van der Waals surface area contributed by atoms with Gasteiger partial charge in [0.05, 0.1) is 6.61 Å². The van der Waals surface area contributed by atoms with Gasteiger partial charge in [0.2, 0.25) is 0 Å². The molecule has 0 fully saturated rings. The summed E-state index contributed by atoms with van der Waals surface area (Å²) in [6.45, 7) is 4.63. The molecule has 92 valence electrons. The first-order chi connectivity index (χ1) is 8.27. The minimum Gasteiger partial charge on any atom is -0.494 e. The van der Waals surface area contributed by atoms with Crippen LogP contribution in [0.1, 0.15) is 38.7 Å². The fourth-order valence-corrected chi connectivity index (χ4v) is 1.54. The van der Waals surface area contributed by atoms with E-state index in [9.17, 15) is 4.39 Å². The third kappa shape index (κ3) is 4.91. The molecule has 1 aromatic rings. The number of hydrogen-bond acceptors (Lipinski definition) is 1. The summed E-state index contributed by atoms with van der Waals surface area (Å²) in [5.74, 6) is 6.73. The molecular formula is C15H19FO. The zero-order valence-corrected chi connectivity index (χ0v) is 10.6. The quantitative estimate of drug-likeness (QED) is 0.701. The van der Waals surface area contributed by atoms with Gasteiger partial charge >= 0.3 is 0 Å². The molecule has 0 atom stereocenters. The van der Waals surface area contributed by atoms with Crippen molar-refractivity contribution in [3.05, 3.63) is 29.6 Å². The Labute approximate surface area is 103 Å². The van der Waals surface area contributed by atoms with Crippen LogP contribution in [0.2, 0.25) is 0 Å². The fraction of sp³-hybridized carbons (Fsp3) is 0.467. The molecule has 0 aliphatic carbocycles. The van der Waals surface area contributed by atoms with Crippen LogP contribution >= 0.6 is 0 Å². The average Bonchev–Trinajstić information content (AvgIpc) is 2.32. The van der Waals surface area contributed by atoms with Gasteiger partial charge in [-0.1, -0.05) is 6.92 Å². The molecular weight excluding hydrogens is 215 g/mol. The van der Waals surface area contributed by atoms with E-state index in [0.29, 0.717) is 6.61 Å². The first-order valence-electron chi connectivity index (χ1n) is 6.14. The van der Waals surface area contributed by atoms with E-state index in [0.717, 1.165) is 37.0 Å². The van der Waals surface area contributed by atoms with Gasteiger partial charge in [-0.2, -0.15) is 0 Å². The Balaban J connectivity index is 2.62. The number of ether oxygens (including phenoxy) is 1. The molecule has 0 spiro atoms. The maximum atomic E-state index is 13.1. The van der Waals surface area contributed by atoms with Gasteiger partial charge in [-0.25, -0.2) is 4.39 Å². The predicted octanol–water partition coefficient (Wildman–Crippen LogP) is 3.96. The van der Waals surface area contributed by atoms with Gasteiger partial charge in [0.1, 0.15) is 11.6 Å². The van der Waals surface area contributed by atoms with Crippen LogP contribution in [0.15, 0.2) is 18.2 Å². The summed E-state index contributed by atoms with van der Waals surface area (Å²) >= 11 is 0. The van der Waals surface area contributed by atoms with Crippen LogP contribution in [-0.2, 0) is 6.42 Å². The van der Waals surface area contributed by atoms with E-state index in [1.807, 2.05) is 6.92 Å². The second-order valence-corrected chi connectivity index (χ2v) is 3.79. The molecule has 1 aromatic carbocycles. The summed E-state index contributed by atoms with van der Waals surface area (Å²) in [5.41, 5.74) is 0.901. The van der Waals surface area contributed by atoms with Crippen LogP contribution in [0.4, 0.5) is 4.39 Å². The maximum Gasteiger partial charge on any atom is 0.123 e. The molecule has 0 amide bonds. The highest BCUT2D eigenvalue weighted by molar-refractivity contribution is 5.34. The Morgan fingerprint density at radius 3 is 2.65 bits per heavy atom. The van der Waals surface area contributed by atoms with Crippen LogP contribution in [0, 0.1) is 17.7 Å². The number of rotatable bonds is 5. The summed E-state index contributed by atoms with van der Waals surface area (Å²) in [6.07, 6.45) is 3.51. The Morgan fingerprint density at radius 2 is 1.94 bits per heavy atom. The van der Waals surface area contributed by atoms with Gasteiger partial charge in [0.25, 0.3) is 0 Å². The minimum absolute atomic E-state index is 0.218. The smallest absolute Gasteiger partial charge is 0.123 e. The lowest BCUT2D eigenvalue weighted by molar-refractivity contribution is 0.336. The molecule has 0 saturated heterocycles. The zero-order valence-electron chi connectivity index (χ0n) is 10.6. The highest BCUT2D eigenvalue weighted by Gasteiger charge is 2.04. The van der Waals surface area contributed by atoms with Crippen molar-refractivity contribution in [3.8, 4) is 17.6 Å². The van der Waals surface area contributed by atoms with Gasteiger partial charge < -0.3 is 4.74 Å². The average molecular weight is 234 g/mol. The highest BCUT2D eigenvalue weighted by atomic mass is 19.1. The number of halogens is 1. The summed E-state index contributed by atoms with van der Waals surface area (Å²) in [6, 6.07) is 4.65. The summed E-state index contributed by atoms with van der Waals surface area (Å²) in [4.78, 5) is 0. The number of benzene rings is 1. The van der Waals surface area contributed by atoms with Crippen molar-refractivity contribution in [2.24, 2.45) is 0 Å². The van der Waals surface area contributed by atoms with Crippen LogP contribution in [0.5, 0.6) is 5.75 Å². The maximum absolute atomic E-state index is 13.1. The molecule has 0 N–H and O–H groups in total. The summed E-state index contributed by atoms with van der Waals surface area (Å²) < 4.78 is 18.6. The Hall–Kier alpha value is -1.49. The molecule has 0 aromatic heterocycles. The zero-order chi connectivity index (χ0) is 12.5. The Kier molecular flexibility index (Phi) is 6.17. The summed E-state index contributed by atoms with van der Waals surface area (Å²) in [7, 11) is 0. The standard InChI is InChI=1S/C15H19FO/c1-3-5-6-7-8-9-13-12-14(16)10-11-15(13)17-4-2/h10-12H,3-5,8-9H2,1-2H3. The number of unbranched alkanes of at least 4 members (excludes halogenated alkanes) is 1.